The van der Waals surface area contributed by atoms with Crippen molar-refractivity contribution >= 4 is 11.6 Å². The van der Waals surface area contributed by atoms with Crippen LogP contribution >= 0.6 is 11.6 Å². The molecule has 21 heavy (non-hydrogen) atoms. The summed E-state index contributed by atoms with van der Waals surface area (Å²) in [5, 5.41) is 3.41. The Balaban J connectivity index is 1.77. The Bertz CT molecular complexity index is 730. The summed E-state index contributed by atoms with van der Waals surface area (Å²) >= 11 is 6.32. The highest BCUT2D eigenvalue weighted by atomic mass is 35.5. The molecule has 3 nitrogen and oxygen atoms in total. The molecule has 0 aliphatic heterocycles. The van der Waals surface area contributed by atoms with Crippen molar-refractivity contribution in [3.63, 3.8) is 0 Å². The Labute approximate surface area is 126 Å². The summed E-state index contributed by atoms with van der Waals surface area (Å²) in [4.78, 5) is 4.28. The molecule has 0 radical (unpaired) electrons. The van der Waals surface area contributed by atoms with Gasteiger partial charge in [0.15, 0.2) is 5.82 Å². The second-order valence-electron chi connectivity index (χ2n) is 4.63. The molecule has 5 heteroatoms. The third-order valence-corrected chi connectivity index (χ3v) is 3.48. The number of rotatable bonds is 4. The van der Waals surface area contributed by atoms with Gasteiger partial charge in [0.2, 0.25) is 5.89 Å². The van der Waals surface area contributed by atoms with Crippen LogP contribution in [0.3, 0.4) is 0 Å². The zero-order valence-corrected chi connectivity index (χ0v) is 11.8. The van der Waals surface area contributed by atoms with Crippen LogP contribution < -0.4 is 0 Å². The second-order valence-corrected chi connectivity index (χ2v) is 5.07. The topological polar surface area (TPSA) is 38.9 Å². The van der Waals surface area contributed by atoms with E-state index in [9.17, 15) is 4.39 Å². The summed E-state index contributed by atoms with van der Waals surface area (Å²) in [6, 6.07) is 15.8. The van der Waals surface area contributed by atoms with Crippen molar-refractivity contribution in [3.8, 4) is 0 Å². The van der Waals surface area contributed by atoms with Crippen molar-refractivity contribution in [2.24, 2.45) is 0 Å². The molecule has 0 aliphatic rings. The highest BCUT2D eigenvalue weighted by Crippen LogP contribution is 2.27. The van der Waals surface area contributed by atoms with Crippen LogP contribution in [0.2, 0.25) is 0 Å². The predicted molar refractivity (Wildman–Crippen MR) is 77.6 cm³/mol. The van der Waals surface area contributed by atoms with Crippen LogP contribution in [0.1, 0.15) is 28.2 Å². The number of aromatic nitrogens is 2. The van der Waals surface area contributed by atoms with Gasteiger partial charge >= 0.3 is 0 Å². The fourth-order valence-corrected chi connectivity index (χ4v) is 2.27. The zero-order chi connectivity index (χ0) is 14.7. The van der Waals surface area contributed by atoms with Crippen molar-refractivity contribution in [2.45, 2.75) is 11.8 Å². The van der Waals surface area contributed by atoms with Gasteiger partial charge < -0.3 is 4.52 Å². The second kappa shape index (κ2) is 6.06. The van der Waals surface area contributed by atoms with Crippen molar-refractivity contribution in [3.05, 3.63) is 83.3 Å². The van der Waals surface area contributed by atoms with E-state index in [0.29, 0.717) is 18.1 Å². The van der Waals surface area contributed by atoms with Gasteiger partial charge in [-0.2, -0.15) is 4.98 Å². The molecule has 2 aromatic carbocycles. The van der Waals surface area contributed by atoms with Crippen LogP contribution in [0.25, 0.3) is 0 Å². The number of alkyl halides is 1. The lowest BCUT2D eigenvalue weighted by Crippen LogP contribution is -1.95. The summed E-state index contributed by atoms with van der Waals surface area (Å²) in [7, 11) is 0. The molecule has 0 bridgehead atoms. The van der Waals surface area contributed by atoms with Gasteiger partial charge in [0.05, 0.1) is 0 Å². The average Bonchev–Trinajstić information content (AvgIpc) is 2.96. The van der Waals surface area contributed by atoms with E-state index in [-0.39, 0.29) is 5.82 Å². The Morgan fingerprint density at radius 1 is 1.10 bits per heavy atom. The van der Waals surface area contributed by atoms with Crippen LogP contribution in [0, 0.1) is 5.82 Å². The van der Waals surface area contributed by atoms with Gasteiger partial charge in [-0.15, -0.1) is 11.6 Å². The Morgan fingerprint density at radius 2 is 1.90 bits per heavy atom. The highest BCUT2D eigenvalue weighted by Gasteiger charge is 2.18. The summed E-state index contributed by atoms with van der Waals surface area (Å²) in [6.45, 7) is 0. The number of hydrogen-bond acceptors (Lipinski definition) is 3. The lowest BCUT2D eigenvalue weighted by atomic mass is 10.1. The maximum absolute atomic E-state index is 13.1. The quantitative estimate of drug-likeness (QED) is 0.680. The van der Waals surface area contributed by atoms with Gasteiger partial charge in [0.1, 0.15) is 11.2 Å². The Morgan fingerprint density at radius 3 is 2.67 bits per heavy atom. The van der Waals surface area contributed by atoms with Crippen LogP contribution in [0.4, 0.5) is 4.39 Å². The summed E-state index contributed by atoms with van der Waals surface area (Å²) < 4.78 is 18.3. The number of benzene rings is 2. The molecule has 0 amide bonds. The molecule has 3 rings (SSSR count). The van der Waals surface area contributed by atoms with E-state index in [1.807, 2.05) is 36.4 Å². The third-order valence-electron chi connectivity index (χ3n) is 3.04. The molecule has 0 aliphatic carbocycles. The Hall–Kier alpha value is -2.20. The van der Waals surface area contributed by atoms with Crippen LogP contribution in [0.5, 0.6) is 0 Å². The maximum atomic E-state index is 13.1. The van der Waals surface area contributed by atoms with E-state index in [0.717, 1.165) is 11.1 Å². The summed E-state index contributed by atoms with van der Waals surface area (Å²) in [5.41, 5.74) is 1.67. The van der Waals surface area contributed by atoms with E-state index in [1.165, 1.54) is 12.1 Å². The molecule has 1 heterocycles. The lowest BCUT2D eigenvalue weighted by molar-refractivity contribution is 0.377. The van der Waals surface area contributed by atoms with Crippen molar-refractivity contribution in [1.29, 1.82) is 0 Å². The molecule has 0 saturated heterocycles. The monoisotopic (exact) mass is 302 g/mol. The number of hydrogen-bond donors (Lipinski definition) is 0. The lowest BCUT2D eigenvalue weighted by Gasteiger charge is -2.03. The third kappa shape index (κ3) is 3.28. The first kappa shape index (κ1) is 13.8. The van der Waals surface area contributed by atoms with Gasteiger partial charge in [-0.3, -0.25) is 0 Å². The van der Waals surface area contributed by atoms with E-state index in [4.69, 9.17) is 16.1 Å². The largest absolute Gasteiger partial charge is 0.337 e. The molecular weight excluding hydrogens is 291 g/mol. The first-order valence-corrected chi connectivity index (χ1v) is 6.92. The highest BCUT2D eigenvalue weighted by molar-refractivity contribution is 6.22. The molecule has 1 unspecified atom stereocenters. The van der Waals surface area contributed by atoms with Gasteiger partial charge in [0, 0.05) is 6.42 Å². The SMILES string of the molecule is Fc1cccc(Cc2noc(C(Cl)c3ccccc3)n2)c1. The minimum atomic E-state index is -0.486. The standard InChI is InChI=1S/C16H12ClFN2O/c17-15(12-6-2-1-3-7-12)16-19-14(20-21-16)10-11-5-4-8-13(18)9-11/h1-9,15H,10H2. The molecule has 0 fully saturated rings. The van der Waals surface area contributed by atoms with E-state index < -0.39 is 5.38 Å². The first-order chi connectivity index (χ1) is 10.2. The van der Waals surface area contributed by atoms with Crippen molar-refractivity contribution < 1.29 is 8.91 Å². The summed E-state index contributed by atoms with van der Waals surface area (Å²) in [5.74, 6) is 0.544. The molecule has 0 N–H and O–H groups in total. The van der Waals surface area contributed by atoms with Crippen LogP contribution in [-0.2, 0) is 6.42 Å². The van der Waals surface area contributed by atoms with Crippen LogP contribution in [-0.4, -0.2) is 10.1 Å². The first-order valence-electron chi connectivity index (χ1n) is 6.48. The maximum Gasteiger partial charge on any atom is 0.249 e. The van der Waals surface area contributed by atoms with Crippen LogP contribution in [0.15, 0.2) is 59.1 Å². The normalized spacial score (nSPS) is 12.3. The molecular formula is C16H12ClFN2O. The molecule has 0 spiro atoms. The van der Waals surface area contributed by atoms with E-state index in [2.05, 4.69) is 10.1 Å². The van der Waals surface area contributed by atoms with E-state index >= 15 is 0 Å². The van der Waals surface area contributed by atoms with Crippen molar-refractivity contribution in [2.75, 3.05) is 0 Å². The van der Waals surface area contributed by atoms with Crippen molar-refractivity contribution in [1.82, 2.24) is 10.1 Å². The fourth-order valence-electron chi connectivity index (χ4n) is 2.04. The minimum Gasteiger partial charge on any atom is -0.337 e. The number of halogens is 2. The smallest absolute Gasteiger partial charge is 0.249 e. The Kier molecular flexibility index (Phi) is 3.97. The average molecular weight is 303 g/mol. The van der Waals surface area contributed by atoms with Gasteiger partial charge in [-0.25, -0.2) is 4.39 Å². The van der Waals surface area contributed by atoms with Gasteiger partial charge in [0.25, 0.3) is 0 Å². The molecule has 106 valence electrons. The van der Waals surface area contributed by atoms with E-state index in [1.54, 1.807) is 6.07 Å². The molecule has 1 aromatic heterocycles. The molecule has 3 aromatic rings. The predicted octanol–water partition coefficient (Wildman–Crippen LogP) is 4.13. The summed E-state index contributed by atoms with van der Waals surface area (Å²) in [6.07, 6.45) is 0.402. The molecule has 1 atom stereocenters. The van der Waals surface area contributed by atoms with Gasteiger partial charge in [-0.05, 0) is 23.3 Å². The fraction of sp³-hybridized carbons (Fsp3) is 0.125. The molecule has 0 saturated carbocycles. The zero-order valence-electron chi connectivity index (χ0n) is 11.0. The number of nitrogens with zero attached hydrogens (tertiary/aromatic N) is 2. The minimum absolute atomic E-state index is 0.282. The van der Waals surface area contributed by atoms with Gasteiger partial charge in [-0.1, -0.05) is 47.6 Å².